The molecular weight excluding hydrogens is 223 g/mol. The highest BCUT2D eigenvalue weighted by Gasteiger charge is 2.04. The van der Waals surface area contributed by atoms with Crippen molar-refractivity contribution in [1.82, 2.24) is 5.32 Å². The predicted octanol–water partition coefficient (Wildman–Crippen LogP) is 2.48. The molecule has 0 aliphatic rings. The van der Waals surface area contributed by atoms with Crippen LogP contribution in [0.25, 0.3) is 10.1 Å². The van der Waals surface area contributed by atoms with Gasteiger partial charge >= 0.3 is 0 Å². The molecule has 0 spiro atoms. The first-order chi connectivity index (χ1) is 7.69. The van der Waals surface area contributed by atoms with Crippen molar-refractivity contribution in [2.24, 2.45) is 5.73 Å². The summed E-state index contributed by atoms with van der Waals surface area (Å²) in [6.45, 7) is 3.46. The minimum absolute atomic E-state index is 0.177. The summed E-state index contributed by atoms with van der Waals surface area (Å²) in [7, 11) is 0. The summed E-state index contributed by atoms with van der Waals surface area (Å²) in [5.41, 5.74) is 5.52. The van der Waals surface area contributed by atoms with Crippen molar-refractivity contribution in [2.45, 2.75) is 19.5 Å². The van der Waals surface area contributed by atoms with E-state index >= 15 is 0 Å². The van der Waals surface area contributed by atoms with Crippen LogP contribution in [0.5, 0.6) is 0 Å². The van der Waals surface area contributed by atoms with E-state index in [9.17, 15) is 4.39 Å². The molecule has 0 bridgehead atoms. The Balaban J connectivity index is 2.13. The van der Waals surface area contributed by atoms with Gasteiger partial charge in [-0.15, -0.1) is 11.3 Å². The maximum absolute atomic E-state index is 13.0. The van der Waals surface area contributed by atoms with Gasteiger partial charge in [-0.05, 0) is 30.5 Å². The maximum atomic E-state index is 13.0. The third-order valence-electron chi connectivity index (χ3n) is 2.51. The highest BCUT2D eigenvalue weighted by molar-refractivity contribution is 7.19. The Kier molecular flexibility index (Phi) is 3.53. The number of hydrogen-bond acceptors (Lipinski definition) is 3. The molecule has 2 rings (SSSR count). The lowest BCUT2D eigenvalue weighted by atomic mass is 10.2. The molecule has 1 atom stereocenters. The number of halogens is 1. The van der Waals surface area contributed by atoms with E-state index in [0.29, 0.717) is 12.6 Å². The molecule has 1 heterocycles. The minimum Gasteiger partial charge on any atom is -0.329 e. The molecule has 3 N–H and O–H groups in total. The highest BCUT2D eigenvalue weighted by atomic mass is 32.1. The lowest BCUT2D eigenvalue weighted by molar-refractivity contribution is 0.560. The average Bonchev–Trinajstić information content (AvgIpc) is 2.67. The molecule has 0 amide bonds. The van der Waals surface area contributed by atoms with Gasteiger partial charge in [-0.1, -0.05) is 6.07 Å². The SMILES string of the molecule is C[C@H](CN)NCc1cc2ccc(F)cc2s1. The first-order valence-electron chi connectivity index (χ1n) is 5.30. The number of fused-ring (bicyclic) bond motifs is 1. The largest absolute Gasteiger partial charge is 0.329 e. The Morgan fingerprint density at radius 3 is 3.00 bits per heavy atom. The van der Waals surface area contributed by atoms with E-state index in [2.05, 4.69) is 11.4 Å². The predicted molar refractivity (Wildman–Crippen MR) is 67.1 cm³/mol. The van der Waals surface area contributed by atoms with E-state index in [0.717, 1.165) is 16.6 Å². The summed E-state index contributed by atoms with van der Waals surface area (Å²) < 4.78 is 14.0. The minimum atomic E-state index is -0.177. The Morgan fingerprint density at radius 1 is 1.44 bits per heavy atom. The lowest BCUT2D eigenvalue weighted by Crippen LogP contribution is -2.32. The van der Waals surface area contributed by atoms with Crippen LogP contribution in [0.4, 0.5) is 4.39 Å². The van der Waals surface area contributed by atoms with E-state index in [1.54, 1.807) is 17.4 Å². The van der Waals surface area contributed by atoms with Gasteiger partial charge in [-0.25, -0.2) is 4.39 Å². The smallest absolute Gasteiger partial charge is 0.124 e. The van der Waals surface area contributed by atoms with Crippen LogP contribution < -0.4 is 11.1 Å². The molecule has 0 saturated heterocycles. The van der Waals surface area contributed by atoms with Crippen LogP contribution in [0.15, 0.2) is 24.3 Å². The van der Waals surface area contributed by atoms with Crippen molar-refractivity contribution in [2.75, 3.05) is 6.54 Å². The van der Waals surface area contributed by atoms with Crippen LogP contribution >= 0.6 is 11.3 Å². The molecule has 0 unspecified atom stereocenters. The molecule has 16 heavy (non-hydrogen) atoms. The topological polar surface area (TPSA) is 38.0 Å². The second-order valence-electron chi connectivity index (χ2n) is 3.91. The maximum Gasteiger partial charge on any atom is 0.124 e. The number of nitrogens with one attached hydrogen (secondary N) is 1. The molecule has 0 saturated carbocycles. The average molecular weight is 238 g/mol. The number of benzene rings is 1. The van der Waals surface area contributed by atoms with E-state index in [4.69, 9.17) is 5.73 Å². The van der Waals surface area contributed by atoms with E-state index in [1.165, 1.54) is 10.9 Å². The van der Waals surface area contributed by atoms with Gasteiger partial charge in [0.1, 0.15) is 5.82 Å². The Hall–Kier alpha value is -0.970. The van der Waals surface area contributed by atoms with Crippen molar-refractivity contribution >= 4 is 21.4 Å². The normalized spacial score (nSPS) is 13.2. The van der Waals surface area contributed by atoms with Gasteiger partial charge in [0, 0.05) is 28.7 Å². The summed E-state index contributed by atoms with van der Waals surface area (Å²) in [6, 6.07) is 7.29. The van der Waals surface area contributed by atoms with Gasteiger partial charge < -0.3 is 11.1 Å². The number of hydrogen-bond donors (Lipinski definition) is 2. The first-order valence-corrected chi connectivity index (χ1v) is 6.12. The molecule has 4 heteroatoms. The Morgan fingerprint density at radius 2 is 2.25 bits per heavy atom. The fourth-order valence-corrected chi connectivity index (χ4v) is 2.55. The third-order valence-corrected chi connectivity index (χ3v) is 3.61. The zero-order valence-electron chi connectivity index (χ0n) is 9.16. The third kappa shape index (κ3) is 2.58. The van der Waals surface area contributed by atoms with Crippen molar-refractivity contribution in [3.05, 3.63) is 35.0 Å². The number of nitrogens with two attached hydrogens (primary N) is 1. The van der Waals surface area contributed by atoms with Gasteiger partial charge in [0.15, 0.2) is 0 Å². The standard InChI is InChI=1S/C12H15FN2S/c1-8(6-14)15-7-11-4-9-2-3-10(13)5-12(9)16-11/h2-5,8,15H,6-7,14H2,1H3/t8-/m1/s1. The van der Waals surface area contributed by atoms with E-state index in [1.807, 2.05) is 13.0 Å². The summed E-state index contributed by atoms with van der Waals surface area (Å²) in [5.74, 6) is -0.177. The van der Waals surface area contributed by atoms with Gasteiger partial charge in [0.05, 0.1) is 0 Å². The van der Waals surface area contributed by atoms with Crippen molar-refractivity contribution in [1.29, 1.82) is 0 Å². The Labute approximate surface area is 98.3 Å². The monoisotopic (exact) mass is 238 g/mol. The van der Waals surface area contributed by atoms with Crippen molar-refractivity contribution in [3.8, 4) is 0 Å². The van der Waals surface area contributed by atoms with Crippen molar-refractivity contribution < 1.29 is 4.39 Å². The molecule has 2 nitrogen and oxygen atoms in total. The zero-order valence-corrected chi connectivity index (χ0v) is 9.98. The molecule has 0 aliphatic carbocycles. The quantitative estimate of drug-likeness (QED) is 0.858. The van der Waals surface area contributed by atoms with Gasteiger partial charge in [0.2, 0.25) is 0 Å². The molecule has 86 valence electrons. The molecule has 1 aromatic heterocycles. The van der Waals surface area contributed by atoms with Crippen LogP contribution in [0.1, 0.15) is 11.8 Å². The van der Waals surface area contributed by atoms with Crippen molar-refractivity contribution in [3.63, 3.8) is 0 Å². The zero-order chi connectivity index (χ0) is 11.5. The molecule has 2 aromatic rings. The van der Waals surface area contributed by atoms with Gasteiger partial charge in [0.25, 0.3) is 0 Å². The molecule has 0 fully saturated rings. The summed E-state index contributed by atoms with van der Waals surface area (Å²) in [6.07, 6.45) is 0. The highest BCUT2D eigenvalue weighted by Crippen LogP contribution is 2.26. The second-order valence-corrected chi connectivity index (χ2v) is 5.08. The summed E-state index contributed by atoms with van der Waals surface area (Å²) >= 11 is 1.62. The molecule has 1 aromatic carbocycles. The molecule has 0 aliphatic heterocycles. The summed E-state index contributed by atoms with van der Waals surface area (Å²) in [4.78, 5) is 1.21. The van der Waals surface area contributed by atoms with Crippen LogP contribution in [-0.2, 0) is 6.54 Å². The van der Waals surface area contributed by atoms with E-state index in [-0.39, 0.29) is 5.82 Å². The number of rotatable bonds is 4. The number of thiophene rings is 1. The molecule has 0 radical (unpaired) electrons. The second kappa shape index (κ2) is 4.91. The van der Waals surface area contributed by atoms with Crippen LogP contribution in [0.3, 0.4) is 0 Å². The van der Waals surface area contributed by atoms with Crippen LogP contribution in [-0.4, -0.2) is 12.6 Å². The first kappa shape index (κ1) is 11.5. The van der Waals surface area contributed by atoms with Gasteiger partial charge in [-0.2, -0.15) is 0 Å². The summed E-state index contributed by atoms with van der Waals surface area (Å²) in [5, 5.41) is 4.42. The van der Waals surface area contributed by atoms with Gasteiger partial charge in [-0.3, -0.25) is 0 Å². The lowest BCUT2D eigenvalue weighted by Gasteiger charge is -2.08. The fourth-order valence-electron chi connectivity index (χ4n) is 1.51. The fraction of sp³-hybridized carbons (Fsp3) is 0.333. The Bertz CT molecular complexity index is 481. The molecular formula is C12H15FN2S. The van der Waals surface area contributed by atoms with Crippen LogP contribution in [0, 0.1) is 5.82 Å². The van der Waals surface area contributed by atoms with E-state index < -0.39 is 0 Å². The van der Waals surface area contributed by atoms with Crippen LogP contribution in [0.2, 0.25) is 0 Å².